The van der Waals surface area contributed by atoms with Crippen LogP contribution in [-0.2, 0) is 6.18 Å². The molecule has 0 fully saturated rings. The number of nitrogens with zero attached hydrogens (tertiary/aromatic N) is 1. The third kappa shape index (κ3) is 3.57. The van der Waals surface area contributed by atoms with E-state index in [1.54, 1.807) is 6.07 Å². The molecule has 2 nitrogen and oxygen atoms in total. The molecule has 0 radical (unpaired) electrons. The Morgan fingerprint density at radius 3 is 2.36 bits per heavy atom. The third-order valence-corrected chi connectivity index (χ3v) is 3.12. The highest BCUT2D eigenvalue weighted by atomic mass is 79.9. The topological polar surface area (TPSA) is 16.1 Å². The molecule has 2 aromatic heterocycles. The Morgan fingerprint density at radius 1 is 0.818 bits per heavy atom. The molecular weight excluding hydrogens is 357 g/mol. The summed E-state index contributed by atoms with van der Waals surface area (Å²) < 4.78 is 40.0. The number of pyridine rings is 2. The van der Waals surface area contributed by atoms with E-state index in [4.69, 9.17) is 0 Å². The molecule has 0 unspecified atom stereocenters. The second-order valence-corrected chi connectivity index (χ2v) is 4.65. The summed E-state index contributed by atoms with van der Waals surface area (Å²) in [6, 6.07) is 14.6. The fraction of sp³-hybridized carbons (Fsp3) is 0.0625. The van der Waals surface area contributed by atoms with Gasteiger partial charge in [0.05, 0.1) is 11.3 Å². The number of aromatic nitrogens is 1. The number of fused-ring (bicyclic) bond motifs is 1. The molecule has 0 saturated carbocycles. The molecule has 0 bridgehead atoms. The van der Waals surface area contributed by atoms with Crippen molar-refractivity contribution in [3.63, 3.8) is 0 Å². The predicted octanol–water partition coefficient (Wildman–Crippen LogP) is 1.19. The van der Waals surface area contributed by atoms with E-state index in [1.807, 2.05) is 47.1 Å². The molecule has 3 rings (SSSR count). The largest absolute Gasteiger partial charge is 1.00 e. The van der Waals surface area contributed by atoms with Gasteiger partial charge in [-0.1, -0.05) is 6.07 Å². The lowest BCUT2D eigenvalue weighted by molar-refractivity contribution is -0.511. The molecular formula is C16H12BrF3N2. The Morgan fingerprint density at radius 2 is 1.59 bits per heavy atom. The maximum Gasteiger partial charge on any atom is 0.416 e. The van der Waals surface area contributed by atoms with Gasteiger partial charge in [-0.3, -0.25) is 0 Å². The van der Waals surface area contributed by atoms with Crippen LogP contribution < -0.4 is 26.7 Å². The standard InChI is InChI=1S/C16H11F3N2.BrH/c17-16(18,19)12-4-3-5-13(10-12)20-14-7-9-21-8-2-1-6-15(21)11-14;/h1-11H;1H. The van der Waals surface area contributed by atoms with Crippen molar-refractivity contribution < 1.29 is 34.6 Å². The molecule has 0 saturated heterocycles. The van der Waals surface area contributed by atoms with Gasteiger partial charge in [0, 0.05) is 30.0 Å². The SMILES string of the molecule is FC(F)(F)c1cccc(Nc2cc[n+]3ccccc3c2)c1.[Br-]. The van der Waals surface area contributed by atoms with Crippen LogP contribution in [0.1, 0.15) is 5.56 Å². The second-order valence-electron chi connectivity index (χ2n) is 4.65. The van der Waals surface area contributed by atoms with Crippen molar-refractivity contribution in [1.82, 2.24) is 0 Å². The Labute approximate surface area is 136 Å². The third-order valence-electron chi connectivity index (χ3n) is 3.12. The molecule has 22 heavy (non-hydrogen) atoms. The minimum absolute atomic E-state index is 0. The number of benzene rings is 1. The summed E-state index contributed by atoms with van der Waals surface area (Å²) in [5.74, 6) is 0. The molecule has 114 valence electrons. The summed E-state index contributed by atoms with van der Waals surface area (Å²) in [4.78, 5) is 0. The van der Waals surface area contributed by atoms with E-state index in [2.05, 4.69) is 5.32 Å². The lowest BCUT2D eigenvalue weighted by Crippen LogP contribution is -3.00. The van der Waals surface area contributed by atoms with Gasteiger partial charge in [0.25, 0.3) is 0 Å². The van der Waals surface area contributed by atoms with Crippen molar-refractivity contribution in [3.05, 3.63) is 72.6 Å². The van der Waals surface area contributed by atoms with Crippen LogP contribution in [0.4, 0.5) is 24.5 Å². The molecule has 0 aliphatic rings. The van der Waals surface area contributed by atoms with Gasteiger partial charge in [0.15, 0.2) is 12.4 Å². The molecule has 3 aromatic rings. The van der Waals surface area contributed by atoms with Crippen molar-refractivity contribution in [2.24, 2.45) is 0 Å². The highest BCUT2D eigenvalue weighted by Gasteiger charge is 2.30. The van der Waals surface area contributed by atoms with E-state index in [1.165, 1.54) is 6.07 Å². The van der Waals surface area contributed by atoms with Crippen LogP contribution >= 0.6 is 0 Å². The Kier molecular flexibility index (Phi) is 4.71. The van der Waals surface area contributed by atoms with Gasteiger partial charge in [-0.05, 0) is 24.3 Å². The summed E-state index contributed by atoms with van der Waals surface area (Å²) in [6.07, 6.45) is -0.578. The normalized spacial score (nSPS) is 11.0. The average Bonchev–Trinajstić information content (AvgIpc) is 2.46. The van der Waals surface area contributed by atoms with E-state index in [0.29, 0.717) is 5.69 Å². The zero-order chi connectivity index (χ0) is 14.9. The molecule has 0 atom stereocenters. The molecule has 2 heterocycles. The number of anilines is 2. The first-order valence-corrected chi connectivity index (χ1v) is 6.37. The fourth-order valence-corrected chi connectivity index (χ4v) is 2.11. The smallest absolute Gasteiger partial charge is 0.416 e. The maximum absolute atomic E-state index is 12.7. The Hall–Kier alpha value is -2.08. The lowest BCUT2D eigenvalue weighted by Gasteiger charge is -2.10. The summed E-state index contributed by atoms with van der Waals surface area (Å²) in [5, 5.41) is 3.00. The Bertz CT molecular complexity index is 787. The minimum atomic E-state index is -4.34. The monoisotopic (exact) mass is 368 g/mol. The van der Waals surface area contributed by atoms with Crippen molar-refractivity contribution in [2.45, 2.75) is 6.18 Å². The highest BCUT2D eigenvalue weighted by Crippen LogP contribution is 2.31. The molecule has 0 spiro atoms. The van der Waals surface area contributed by atoms with E-state index in [0.717, 1.165) is 23.3 Å². The fourth-order valence-electron chi connectivity index (χ4n) is 2.11. The summed E-state index contributed by atoms with van der Waals surface area (Å²) in [5.41, 5.74) is 1.43. The van der Waals surface area contributed by atoms with Crippen LogP contribution in [0.5, 0.6) is 0 Å². The summed E-state index contributed by atoms with van der Waals surface area (Å²) >= 11 is 0. The quantitative estimate of drug-likeness (QED) is 0.672. The van der Waals surface area contributed by atoms with E-state index in [-0.39, 0.29) is 17.0 Å². The first kappa shape index (κ1) is 16.3. The minimum Gasteiger partial charge on any atom is -1.00 e. The van der Waals surface area contributed by atoms with Gasteiger partial charge in [0.2, 0.25) is 5.52 Å². The van der Waals surface area contributed by atoms with Crippen LogP contribution in [0.25, 0.3) is 5.52 Å². The Balaban J connectivity index is 0.00000176. The predicted molar refractivity (Wildman–Crippen MR) is 74.3 cm³/mol. The van der Waals surface area contributed by atoms with E-state index in [9.17, 15) is 13.2 Å². The van der Waals surface area contributed by atoms with Gasteiger partial charge in [-0.2, -0.15) is 17.6 Å². The zero-order valence-corrected chi connectivity index (χ0v) is 12.9. The second kappa shape index (κ2) is 6.36. The number of nitrogens with one attached hydrogen (secondary N) is 1. The van der Waals surface area contributed by atoms with Crippen LogP contribution in [0.2, 0.25) is 0 Å². The molecule has 0 aliphatic heterocycles. The van der Waals surface area contributed by atoms with Gasteiger partial charge in [-0.15, -0.1) is 0 Å². The van der Waals surface area contributed by atoms with Crippen LogP contribution in [0.15, 0.2) is 67.0 Å². The molecule has 0 amide bonds. The van der Waals surface area contributed by atoms with Crippen molar-refractivity contribution in [3.8, 4) is 0 Å². The molecule has 6 heteroatoms. The summed E-state index contributed by atoms with van der Waals surface area (Å²) in [6.45, 7) is 0. The van der Waals surface area contributed by atoms with E-state index < -0.39 is 11.7 Å². The number of hydrogen-bond acceptors (Lipinski definition) is 1. The van der Waals surface area contributed by atoms with Crippen LogP contribution in [-0.4, -0.2) is 0 Å². The van der Waals surface area contributed by atoms with Gasteiger partial charge >= 0.3 is 6.18 Å². The maximum atomic E-state index is 12.7. The zero-order valence-electron chi connectivity index (χ0n) is 11.3. The van der Waals surface area contributed by atoms with E-state index >= 15 is 0 Å². The number of halogens is 4. The first-order valence-electron chi connectivity index (χ1n) is 6.37. The van der Waals surface area contributed by atoms with Crippen LogP contribution in [0, 0.1) is 0 Å². The van der Waals surface area contributed by atoms with Gasteiger partial charge in [-0.25, -0.2) is 0 Å². The van der Waals surface area contributed by atoms with Crippen LogP contribution in [0.3, 0.4) is 0 Å². The van der Waals surface area contributed by atoms with Crippen molar-refractivity contribution in [1.29, 1.82) is 0 Å². The molecule has 1 N–H and O–H groups in total. The highest BCUT2D eigenvalue weighted by molar-refractivity contribution is 5.63. The van der Waals surface area contributed by atoms with Crippen molar-refractivity contribution in [2.75, 3.05) is 5.32 Å². The number of alkyl halides is 3. The van der Waals surface area contributed by atoms with Gasteiger partial charge in [0.1, 0.15) is 0 Å². The molecule has 1 aromatic carbocycles. The first-order chi connectivity index (χ1) is 10.0. The number of hydrogen-bond donors (Lipinski definition) is 1. The lowest BCUT2D eigenvalue weighted by atomic mass is 10.2. The van der Waals surface area contributed by atoms with Gasteiger partial charge < -0.3 is 22.3 Å². The van der Waals surface area contributed by atoms with Crippen molar-refractivity contribution >= 4 is 16.9 Å². The number of rotatable bonds is 2. The summed E-state index contributed by atoms with van der Waals surface area (Å²) in [7, 11) is 0. The molecule has 0 aliphatic carbocycles. The average molecular weight is 369 g/mol.